The molecule has 2 rings (SSSR count). The molecule has 0 saturated carbocycles. The van der Waals surface area contributed by atoms with Crippen molar-refractivity contribution in [3.63, 3.8) is 0 Å². The number of H-pyrrole nitrogens is 1. The van der Waals surface area contributed by atoms with Gasteiger partial charge in [-0.25, -0.2) is 4.98 Å². The van der Waals surface area contributed by atoms with Crippen molar-refractivity contribution in [2.75, 3.05) is 5.73 Å². The lowest BCUT2D eigenvalue weighted by molar-refractivity contribution is -0.384. The Morgan fingerprint density at radius 3 is 2.81 bits per heavy atom. The summed E-state index contributed by atoms with van der Waals surface area (Å²) in [4.78, 5) is 14.3. The molecular weight excluding hydrogens is 278 g/mol. The van der Waals surface area contributed by atoms with Gasteiger partial charge in [-0.3, -0.25) is 15.2 Å². The first kappa shape index (κ1) is 10.6. The third kappa shape index (κ3) is 1.87. The zero-order valence-electron chi connectivity index (χ0n) is 7.85. The number of pyridine rings is 1. The van der Waals surface area contributed by atoms with Crippen LogP contribution in [-0.4, -0.2) is 20.1 Å². The lowest BCUT2D eigenvalue weighted by atomic mass is 10.2. The van der Waals surface area contributed by atoms with Crippen LogP contribution in [0.1, 0.15) is 0 Å². The van der Waals surface area contributed by atoms with Crippen LogP contribution in [0, 0.1) is 10.1 Å². The fourth-order valence-corrected chi connectivity index (χ4v) is 1.55. The Hall–Kier alpha value is -1.96. The number of aromatic amines is 1. The highest BCUT2D eigenvalue weighted by atomic mass is 79.9. The maximum absolute atomic E-state index is 10.8. The van der Waals surface area contributed by atoms with Crippen molar-refractivity contribution >= 4 is 27.4 Å². The summed E-state index contributed by atoms with van der Waals surface area (Å²) < 4.78 is 0.537. The van der Waals surface area contributed by atoms with E-state index in [2.05, 4.69) is 31.1 Å². The average Bonchev–Trinajstić information content (AvgIpc) is 2.64. The van der Waals surface area contributed by atoms with Gasteiger partial charge in [-0.05, 0) is 15.9 Å². The van der Waals surface area contributed by atoms with Crippen molar-refractivity contribution < 1.29 is 4.92 Å². The molecule has 0 aliphatic heterocycles. The molecule has 0 fully saturated rings. The highest BCUT2D eigenvalue weighted by molar-refractivity contribution is 9.10. The Bertz CT molecular complexity index is 553. The monoisotopic (exact) mass is 283 g/mol. The zero-order valence-corrected chi connectivity index (χ0v) is 9.43. The molecule has 0 amide bonds. The molecule has 16 heavy (non-hydrogen) atoms. The van der Waals surface area contributed by atoms with Gasteiger partial charge in [0.1, 0.15) is 5.82 Å². The van der Waals surface area contributed by atoms with Gasteiger partial charge in [-0.1, -0.05) is 0 Å². The van der Waals surface area contributed by atoms with Crippen LogP contribution in [0.5, 0.6) is 0 Å². The van der Waals surface area contributed by atoms with E-state index < -0.39 is 4.92 Å². The van der Waals surface area contributed by atoms with Crippen molar-refractivity contribution in [2.45, 2.75) is 0 Å². The molecule has 0 saturated heterocycles. The van der Waals surface area contributed by atoms with Crippen LogP contribution in [0.4, 0.5) is 11.5 Å². The second-order valence-electron chi connectivity index (χ2n) is 2.98. The molecule has 82 valence electrons. The predicted octanol–water partition coefficient (Wildman–Crippen LogP) is 1.72. The number of halogens is 1. The van der Waals surface area contributed by atoms with E-state index in [0.717, 1.165) is 0 Å². The molecule has 0 aliphatic carbocycles. The molecule has 7 nitrogen and oxygen atoms in total. The highest BCUT2D eigenvalue weighted by Crippen LogP contribution is 2.29. The number of nitrogens with two attached hydrogens (primary N) is 1. The fraction of sp³-hybridized carbons (Fsp3) is 0. The van der Waals surface area contributed by atoms with Crippen LogP contribution >= 0.6 is 15.9 Å². The Morgan fingerprint density at radius 2 is 2.25 bits per heavy atom. The van der Waals surface area contributed by atoms with Crippen LogP contribution in [-0.2, 0) is 0 Å². The van der Waals surface area contributed by atoms with Crippen LogP contribution in [0.25, 0.3) is 11.4 Å². The summed E-state index contributed by atoms with van der Waals surface area (Å²) in [6.07, 6.45) is 1.47. The Morgan fingerprint density at radius 1 is 1.50 bits per heavy atom. The Kier molecular flexibility index (Phi) is 2.57. The average molecular weight is 284 g/mol. The molecule has 0 aliphatic rings. The number of rotatable bonds is 2. The van der Waals surface area contributed by atoms with Crippen molar-refractivity contribution in [3.05, 3.63) is 32.9 Å². The summed E-state index contributed by atoms with van der Waals surface area (Å²) in [6, 6.07) is 2.86. The van der Waals surface area contributed by atoms with Crippen LogP contribution in [0.2, 0.25) is 0 Å². The number of nitro groups is 1. The number of hydrogen-bond acceptors (Lipinski definition) is 5. The number of nitrogens with one attached hydrogen (secondary N) is 1. The smallest absolute Gasteiger partial charge is 0.298 e. The van der Waals surface area contributed by atoms with E-state index in [0.29, 0.717) is 10.2 Å². The number of anilines is 1. The fourth-order valence-electron chi connectivity index (χ4n) is 1.23. The molecular formula is C8H6BrN5O2. The third-order valence-corrected chi connectivity index (χ3v) is 2.32. The van der Waals surface area contributed by atoms with Gasteiger partial charge in [0.2, 0.25) is 0 Å². The minimum atomic E-state index is -0.510. The Balaban J connectivity index is 2.60. The summed E-state index contributed by atoms with van der Waals surface area (Å²) in [6.45, 7) is 0. The van der Waals surface area contributed by atoms with Gasteiger partial charge in [-0.15, -0.1) is 0 Å². The highest BCUT2D eigenvalue weighted by Gasteiger charge is 2.18. The summed E-state index contributed by atoms with van der Waals surface area (Å²) in [5, 5.41) is 17.1. The minimum absolute atomic E-state index is 0.113. The lowest BCUT2D eigenvalue weighted by Crippen LogP contribution is -1.95. The zero-order chi connectivity index (χ0) is 11.7. The van der Waals surface area contributed by atoms with Crippen molar-refractivity contribution in [1.82, 2.24) is 15.2 Å². The molecule has 8 heteroatoms. The maximum atomic E-state index is 10.8. The molecule has 2 heterocycles. The number of aromatic nitrogens is 3. The van der Waals surface area contributed by atoms with E-state index >= 15 is 0 Å². The van der Waals surface area contributed by atoms with Crippen molar-refractivity contribution in [3.8, 4) is 11.4 Å². The van der Waals surface area contributed by atoms with Gasteiger partial charge in [0.15, 0.2) is 5.69 Å². The van der Waals surface area contributed by atoms with Gasteiger partial charge in [-0.2, -0.15) is 5.10 Å². The number of nitrogens with zero attached hydrogens (tertiary/aromatic N) is 3. The molecule has 0 radical (unpaired) electrons. The van der Waals surface area contributed by atoms with Gasteiger partial charge < -0.3 is 5.73 Å². The van der Waals surface area contributed by atoms with E-state index in [4.69, 9.17) is 5.73 Å². The first-order chi connectivity index (χ1) is 7.58. The summed E-state index contributed by atoms with van der Waals surface area (Å²) in [5.74, 6) is 0.258. The maximum Gasteiger partial charge on any atom is 0.298 e. The summed E-state index contributed by atoms with van der Waals surface area (Å²) in [5.41, 5.74) is 5.93. The van der Waals surface area contributed by atoms with Gasteiger partial charge in [0, 0.05) is 22.8 Å². The first-order valence-corrected chi connectivity index (χ1v) is 4.98. The van der Waals surface area contributed by atoms with Crippen LogP contribution in [0.15, 0.2) is 22.8 Å². The molecule has 0 spiro atoms. The Labute approximate surface area is 98.0 Å². The molecule has 0 bridgehead atoms. The quantitative estimate of drug-likeness (QED) is 0.644. The normalized spacial score (nSPS) is 10.3. The third-order valence-electron chi connectivity index (χ3n) is 1.88. The molecule has 0 atom stereocenters. The number of nitrogen functional groups attached to an aromatic ring is 1. The van der Waals surface area contributed by atoms with Gasteiger partial charge in [0.25, 0.3) is 5.69 Å². The molecule has 3 N–H and O–H groups in total. The predicted molar refractivity (Wildman–Crippen MR) is 60.6 cm³/mol. The lowest BCUT2D eigenvalue weighted by Gasteiger charge is -1.99. The molecule has 2 aromatic heterocycles. The van der Waals surface area contributed by atoms with E-state index in [1.165, 1.54) is 18.3 Å². The first-order valence-electron chi connectivity index (χ1n) is 4.19. The SMILES string of the molecule is Nc1cc(-c2ncc(Br)cc2[N+](=O)[O-])[nH]n1. The molecule has 0 aromatic carbocycles. The van der Waals surface area contributed by atoms with Crippen molar-refractivity contribution in [1.29, 1.82) is 0 Å². The van der Waals surface area contributed by atoms with E-state index in [1.807, 2.05) is 0 Å². The second kappa shape index (κ2) is 3.89. The van der Waals surface area contributed by atoms with Crippen LogP contribution < -0.4 is 5.73 Å². The second-order valence-corrected chi connectivity index (χ2v) is 3.90. The van der Waals surface area contributed by atoms with Gasteiger partial charge in [0.05, 0.1) is 10.6 Å². The summed E-state index contributed by atoms with van der Waals surface area (Å²) >= 11 is 3.12. The number of hydrogen-bond donors (Lipinski definition) is 2. The minimum Gasteiger partial charge on any atom is -0.382 e. The molecule has 0 unspecified atom stereocenters. The van der Waals surface area contributed by atoms with E-state index in [1.54, 1.807) is 0 Å². The van der Waals surface area contributed by atoms with Crippen molar-refractivity contribution in [2.24, 2.45) is 0 Å². The topological polar surface area (TPSA) is 111 Å². The molecule has 2 aromatic rings. The van der Waals surface area contributed by atoms with Gasteiger partial charge >= 0.3 is 0 Å². The van der Waals surface area contributed by atoms with Crippen LogP contribution in [0.3, 0.4) is 0 Å². The van der Waals surface area contributed by atoms with E-state index in [-0.39, 0.29) is 17.2 Å². The largest absolute Gasteiger partial charge is 0.382 e. The standard InChI is InChI=1S/C8H6BrN5O2/c9-4-1-6(14(15)16)8(11-3-4)5-2-7(10)13-12-5/h1-3H,(H3,10,12,13). The van der Waals surface area contributed by atoms with E-state index in [9.17, 15) is 10.1 Å². The summed E-state index contributed by atoms with van der Waals surface area (Å²) in [7, 11) is 0.